The Morgan fingerprint density at radius 3 is 2.60 bits per heavy atom. The van der Waals surface area contributed by atoms with E-state index in [9.17, 15) is 9.59 Å². The van der Waals surface area contributed by atoms with Crippen LogP contribution in [0.25, 0.3) is 16.9 Å². The summed E-state index contributed by atoms with van der Waals surface area (Å²) in [5.74, 6) is -1.38. The van der Waals surface area contributed by atoms with Crippen LogP contribution in [0.5, 0.6) is 0 Å². The highest BCUT2D eigenvalue weighted by Gasteiger charge is 2.28. The minimum absolute atomic E-state index is 0.0108. The van der Waals surface area contributed by atoms with E-state index in [0.717, 1.165) is 11.3 Å². The van der Waals surface area contributed by atoms with Crippen LogP contribution in [0.4, 0.5) is 0 Å². The fraction of sp³-hybridized carbons (Fsp3) is 0.222. The molecule has 3 aromatic rings. The second kappa shape index (κ2) is 6.35. The van der Waals surface area contributed by atoms with E-state index >= 15 is 0 Å². The smallest absolute Gasteiger partial charge is 0.310 e. The third-order valence-corrected chi connectivity index (χ3v) is 3.99. The van der Waals surface area contributed by atoms with E-state index in [1.807, 2.05) is 36.4 Å². The van der Waals surface area contributed by atoms with Crippen molar-refractivity contribution < 1.29 is 14.7 Å². The second-order valence-corrected chi connectivity index (χ2v) is 6.36. The number of aromatic nitrogens is 3. The third-order valence-electron chi connectivity index (χ3n) is 3.99. The quantitative estimate of drug-likeness (QED) is 0.744. The standard InChI is InChI=1S/C18H18N4O3/c1-18(2,17(24)25)11-20-16(23)13-10-21-22-14(8-9-19-15(13)22)12-6-4-3-5-7-12/h3-10H,11H2,1-2H3,(H,20,23)(H,24,25). The van der Waals surface area contributed by atoms with Crippen molar-refractivity contribution in [3.8, 4) is 11.3 Å². The maximum Gasteiger partial charge on any atom is 0.310 e. The highest BCUT2D eigenvalue weighted by molar-refractivity contribution is 6.00. The molecule has 0 atom stereocenters. The van der Waals surface area contributed by atoms with Crippen LogP contribution >= 0.6 is 0 Å². The number of carbonyl (C=O) groups is 2. The first-order valence-corrected chi connectivity index (χ1v) is 7.80. The molecule has 0 unspecified atom stereocenters. The first kappa shape index (κ1) is 16.6. The first-order chi connectivity index (χ1) is 11.9. The van der Waals surface area contributed by atoms with Crippen molar-refractivity contribution in [2.75, 3.05) is 6.54 Å². The van der Waals surface area contributed by atoms with Gasteiger partial charge in [-0.05, 0) is 19.9 Å². The van der Waals surface area contributed by atoms with Crippen LogP contribution in [0.2, 0.25) is 0 Å². The third kappa shape index (κ3) is 3.21. The molecule has 0 aliphatic rings. The van der Waals surface area contributed by atoms with Gasteiger partial charge in [0.15, 0.2) is 5.65 Å². The van der Waals surface area contributed by atoms with E-state index < -0.39 is 17.3 Å². The molecule has 0 aliphatic carbocycles. The van der Waals surface area contributed by atoms with Gasteiger partial charge in [-0.1, -0.05) is 30.3 Å². The van der Waals surface area contributed by atoms with Crippen LogP contribution in [0.15, 0.2) is 48.8 Å². The van der Waals surface area contributed by atoms with Gasteiger partial charge in [-0.3, -0.25) is 9.59 Å². The number of carboxylic acids is 1. The Labute approximate surface area is 144 Å². The average Bonchev–Trinajstić information content (AvgIpc) is 3.04. The van der Waals surface area contributed by atoms with Crippen LogP contribution in [-0.4, -0.2) is 38.1 Å². The molecule has 0 bridgehead atoms. The molecule has 0 radical (unpaired) electrons. The number of fused-ring (bicyclic) bond motifs is 1. The molecule has 2 heterocycles. The number of hydrogen-bond acceptors (Lipinski definition) is 4. The summed E-state index contributed by atoms with van der Waals surface area (Å²) in [5, 5.41) is 16.1. The van der Waals surface area contributed by atoms with Crippen molar-refractivity contribution in [1.82, 2.24) is 19.9 Å². The molecule has 0 saturated heterocycles. The maximum absolute atomic E-state index is 12.4. The number of aliphatic carboxylic acids is 1. The van der Waals surface area contributed by atoms with Gasteiger partial charge in [0.05, 0.1) is 17.3 Å². The van der Waals surface area contributed by atoms with Crippen molar-refractivity contribution in [1.29, 1.82) is 0 Å². The van der Waals surface area contributed by atoms with E-state index in [0.29, 0.717) is 11.2 Å². The predicted molar refractivity (Wildman–Crippen MR) is 92.2 cm³/mol. The Balaban J connectivity index is 1.92. The van der Waals surface area contributed by atoms with Crippen molar-refractivity contribution in [2.45, 2.75) is 13.8 Å². The maximum atomic E-state index is 12.4. The Kier molecular flexibility index (Phi) is 4.22. The van der Waals surface area contributed by atoms with Gasteiger partial charge in [-0.15, -0.1) is 0 Å². The van der Waals surface area contributed by atoms with Gasteiger partial charge >= 0.3 is 5.97 Å². The van der Waals surface area contributed by atoms with Crippen molar-refractivity contribution in [3.05, 3.63) is 54.4 Å². The number of carboxylic acid groups (broad SMARTS) is 1. The fourth-order valence-electron chi connectivity index (χ4n) is 2.35. The first-order valence-electron chi connectivity index (χ1n) is 7.80. The summed E-state index contributed by atoms with van der Waals surface area (Å²) in [4.78, 5) is 27.8. The van der Waals surface area contributed by atoms with Crippen LogP contribution in [0.3, 0.4) is 0 Å². The monoisotopic (exact) mass is 338 g/mol. The number of hydrogen-bond donors (Lipinski definition) is 2. The molecule has 0 saturated carbocycles. The number of nitrogens with zero attached hydrogens (tertiary/aromatic N) is 3. The lowest BCUT2D eigenvalue weighted by Crippen LogP contribution is -2.38. The van der Waals surface area contributed by atoms with Gasteiger partial charge in [0.2, 0.25) is 0 Å². The molecule has 25 heavy (non-hydrogen) atoms. The van der Waals surface area contributed by atoms with Crippen molar-refractivity contribution in [2.24, 2.45) is 5.41 Å². The van der Waals surface area contributed by atoms with Crippen LogP contribution in [-0.2, 0) is 4.79 Å². The molecule has 3 rings (SSSR count). The van der Waals surface area contributed by atoms with Gasteiger partial charge in [0, 0.05) is 18.3 Å². The second-order valence-electron chi connectivity index (χ2n) is 6.36. The number of benzene rings is 1. The number of carbonyl (C=O) groups excluding carboxylic acids is 1. The predicted octanol–water partition coefficient (Wildman–Crippen LogP) is 2.24. The van der Waals surface area contributed by atoms with Gasteiger partial charge in [-0.2, -0.15) is 5.10 Å². The summed E-state index contributed by atoms with van der Waals surface area (Å²) in [6.07, 6.45) is 3.06. The van der Waals surface area contributed by atoms with E-state index in [-0.39, 0.29) is 6.54 Å². The van der Waals surface area contributed by atoms with Gasteiger partial charge in [0.1, 0.15) is 5.56 Å². The molecule has 1 aromatic carbocycles. The minimum atomic E-state index is -1.05. The zero-order valence-electron chi connectivity index (χ0n) is 13.9. The van der Waals surface area contributed by atoms with E-state index in [2.05, 4.69) is 15.4 Å². The Bertz CT molecular complexity index is 932. The molecule has 1 amide bonds. The molecule has 0 aliphatic heterocycles. The van der Waals surface area contributed by atoms with Crippen LogP contribution in [0.1, 0.15) is 24.2 Å². The molecule has 0 fully saturated rings. The normalized spacial score (nSPS) is 11.4. The Morgan fingerprint density at radius 2 is 1.92 bits per heavy atom. The molecular weight excluding hydrogens is 320 g/mol. The molecule has 2 N–H and O–H groups in total. The highest BCUT2D eigenvalue weighted by atomic mass is 16.4. The summed E-state index contributed by atoms with van der Waals surface area (Å²) in [6, 6.07) is 11.5. The largest absolute Gasteiger partial charge is 0.481 e. The number of nitrogens with one attached hydrogen (secondary N) is 1. The summed E-state index contributed by atoms with van der Waals surface area (Å²) in [7, 11) is 0. The molecule has 128 valence electrons. The Morgan fingerprint density at radius 1 is 1.20 bits per heavy atom. The topological polar surface area (TPSA) is 96.6 Å². The summed E-state index contributed by atoms with van der Waals surface area (Å²) >= 11 is 0. The molecule has 0 spiro atoms. The summed E-state index contributed by atoms with van der Waals surface area (Å²) in [6.45, 7) is 3.12. The van der Waals surface area contributed by atoms with E-state index in [4.69, 9.17) is 5.11 Å². The average molecular weight is 338 g/mol. The molecular formula is C18H18N4O3. The molecule has 7 nitrogen and oxygen atoms in total. The molecule has 2 aromatic heterocycles. The van der Waals surface area contributed by atoms with Gasteiger partial charge < -0.3 is 10.4 Å². The number of rotatable bonds is 5. The van der Waals surface area contributed by atoms with Crippen molar-refractivity contribution >= 4 is 17.5 Å². The van der Waals surface area contributed by atoms with E-state index in [1.165, 1.54) is 6.20 Å². The van der Waals surface area contributed by atoms with E-state index in [1.54, 1.807) is 24.6 Å². The van der Waals surface area contributed by atoms with Crippen LogP contribution in [0, 0.1) is 5.41 Å². The zero-order valence-corrected chi connectivity index (χ0v) is 13.9. The minimum Gasteiger partial charge on any atom is -0.481 e. The lowest BCUT2D eigenvalue weighted by atomic mass is 9.94. The Hall–Kier alpha value is -3.22. The SMILES string of the molecule is CC(C)(CNC(=O)c1cnn2c(-c3ccccc3)ccnc12)C(=O)O. The fourth-order valence-corrected chi connectivity index (χ4v) is 2.35. The summed E-state index contributed by atoms with van der Waals surface area (Å²) in [5.41, 5.74) is 1.44. The van der Waals surface area contributed by atoms with Crippen LogP contribution < -0.4 is 5.32 Å². The van der Waals surface area contributed by atoms with Crippen molar-refractivity contribution in [3.63, 3.8) is 0 Å². The van der Waals surface area contributed by atoms with Gasteiger partial charge in [-0.25, -0.2) is 9.50 Å². The lowest BCUT2D eigenvalue weighted by Gasteiger charge is -2.19. The lowest BCUT2D eigenvalue weighted by molar-refractivity contribution is -0.146. The summed E-state index contributed by atoms with van der Waals surface area (Å²) < 4.78 is 1.60. The number of amides is 1. The molecule has 7 heteroatoms. The van der Waals surface area contributed by atoms with Gasteiger partial charge in [0.25, 0.3) is 5.91 Å². The highest BCUT2D eigenvalue weighted by Crippen LogP contribution is 2.21. The zero-order chi connectivity index (χ0) is 18.0.